The molecule has 1 N–H and O–H groups in total. The Kier molecular flexibility index (Phi) is 5.48. The van der Waals surface area contributed by atoms with Crippen molar-refractivity contribution in [2.45, 2.75) is 31.1 Å². The van der Waals surface area contributed by atoms with E-state index in [0.717, 1.165) is 5.56 Å². The molecule has 0 radical (unpaired) electrons. The number of rotatable bonds is 5. The molecule has 0 aromatic heterocycles. The van der Waals surface area contributed by atoms with Gasteiger partial charge in [-0.05, 0) is 25.3 Å². The molecule has 0 bridgehead atoms. The highest BCUT2D eigenvalue weighted by atomic mass is 32.2. The van der Waals surface area contributed by atoms with Crippen LogP contribution in [0.3, 0.4) is 0 Å². The minimum Gasteiger partial charge on any atom is -0.480 e. The predicted octanol–water partition coefficient (Wildman–Crippen LogP) is 1.68. The Morgan fingerprint density at radius 2 is 1.96 bits per heavy atom. The van der Waals surface area contributed by atoms with Gasteiger partial charge in [-0.3, -0.25) is 4.79 Å². The van der Waals surface area contributed by atoms with E-state index in [1.54, 1.807) is 0 Å². The lowest BCUT2D eigenvalue weighted by Gasteiger charge is -2.38. The number of hydrogen-bond donors (Lipinski definition) is 1. The summed E-state index contributed by atoms with van der Waals surface area (Å²) in [6.07, 6.45) is 0.219. The maximum Gasteiger partial charge on any atom is 0.410 e. The second kappa shape index (κ2) is 7.21. The lowest BCUT2D eigenvalue weighted by Crippen LogP contribution is -2.54. The lowest BCUT2D eigenvalue weighted by atomic mass is 9.99. The topological polar surface area (TPSA) is 101 Å². The Hall–Kier alpha value is -2.09. The molecular formula is C16H21NO6S. The molecule has 1 atom stereocenters. The Balaban J connectivity index is 2.01. The van der Waals surface area contributed by atoms with E-state index in [1.165, 1.54) is 11.8 Å². The minimum atomic E-state index is -3.86. The van der Waals surface area contributed by atoms with Gasteiger partial charge < -0.3 is 14.7 Å². The number of carboxylic acids is 1. The van der Waals surface area contributed by atoms with Gasteiger partial charge in [-0.2, -0.15) is 0 Å². The van der Waals surface area contributed by atoms with Crippen molar-refractivity contribution in [3.63, 3.8) is 0 Å². The first kappa shape index (κ1) is 18.3. The van der Waals surface area contributed by atoms with Gasteiger partial charge in [-0.1, -0.05) is 30.3 Å². The normalized spacial score (nSPS) is 21.3. The third-order valence-corrected chi connectivity index (χ3v) is 6.65. The van der Waals surface area contributed by atoms with E-state index in [-0.39, 0.29) is 13.2 Å². The second-order valence-electron chi connectivity index (χ2n) is 6.17. The fraction of sp³-hybridized carbons (Fsp3) is 0.500. The molecule has 1 heterocycles. The van der Waals surface area contributed by atoms with Gasteiger partial charge in [0, 0.05) is 13.1 Å². The Morgan fingerprint density at radius 3 is 2.58 bits per heavy atom. The van der Waals surface area contributed by atoms with Crippen LogP contribution in [0, 0.1) is 0 Å². The smallest absolute Gasteiger partial charge is 0.410 e. The van der Waals surface area contributed by atoms with Crippen molar-refractivity contribution in [1.29, 1.82) is 0 Å². The standard InChI is InChI=1S/C16H21NO6S/c1-16(24(21,22)11-14(18)19)8-5-9-17(12-16)15(20)23-10-13-6-3-2-4-7-13/h2-4,6-7H,5,8-12H2,1H3,(H,18,19). The third kappa shape index (κ3) is 4.25. The number of carboxylic acid groups (broad SMARTS) is 1. The van der Waals surface area contributed by atoms with Crippen molar-refractivity contribution in [2.24, 2.45) is 0 Å². The molecule has 1 saturated heterocycles. The summed E-state index contributed by atoms with van der Waals surface area (Å²) in [6, 6.07) is 9.17. The van der Waals surface area contributed by atoms with Crippen LogP contribution >= 0.6 is 0 Å². The number of carbonyl (C=O) groups excluding carboxylic acids is 1. The molecule has 1 aliphatic rings. The number of benzene rings is 1. The van der Waals surface area contributed by atoms with E-state index in [9.17, 15) is 18.0 Å². The highest BCUT2D eigenvalue weighted by Gasteiger charge is 2.45. The number of carbonyl (C=O) groups is 2. The largest absolute Gasteiger partial charge is 0.480 e. The zero-order valence-electron chi connectivity index (χ0n) is 13.5. The molecule has 1 aromatic carbocycles. The van der Waals surface area contributed by atoms with Crippen molar-refractivity contribution in [2.75, 3.05) is 18.8 Å². The molecule has 1 amide bonds. The van der Waals surface area contributed by atoms with Crippen LogP contribution in [0.2, 0.25) is 0 Å². The predicted molar refractivity (Wildman–Crippen MR) is 87.3 cm³/mol. The van der Waals surface area contributed by atoms with E-state index in [1.807, 2.05) is 30.3 Å². The van der Waals surface area contributed by atoms with Gasteiger partial charge in [-0.25, -0.2) is 13.2 Å². The van der Waals surface area contributed by atoms with Crippen molar-refractivity contribution >= 4 is 21.9 Å². The summed E-state index contributed by atoms with van der Waals surface area (Å²) < 4.78 is 28.6. The summed E-state index contributed by atoms with van der Waals surface area (Å²) in [6.45, 7) is 1.93. The lowest BCUT2D eigenvalue weighted by molar-refractivity contribution is -0.134. The fourth-order valence-corrected chi connectivity index (χ4v) is 4.24. The zero-order chi connectivity index (χ0) is 17.8. The summed E-state index contributed by atoms with van der Waals surface area (Å²) in [7, 11) is -3.86. The highest BCUT2D eigenvalue weighted by molar-refractivity contribution is 7.93. The average Bonchev–Trinajstić information content (AvgIpc) is 2.52. The van der Waals surface area contributed by atoms with Crippen LogP contribution in [0.1, 0.15) is 25.3 Å². The third-order valence-electron chi connectivity index (χ3n) is 4.19. The monoisotopic (exact) mass is 355 g/mol. The molecule has 1 aromatic rings. The van der Waals surface area contributed by atoms with Gasteiger partial charge in [0.25, 0.3) is 0 Å². The molecule has 0 saturated carbocycles. The number of aliphatic carboxylic acids is 1. The van der Waals surface area contributed by atoms with Crippen molar-refractivity contribution in [3.05, 3.63) is 35.9 Å². The number of likely N-dealkylation sites (tertiary alicyclic amines) is 1. The Morgan fingerprint density at radius 1 is 1.29 bits per heavy atom. The van der Waals surface area contributed by atoms with Gasteiger partial charge in [-0.15, -0.1) is 0 Å². The maximum atomic E-state index is 12.3. The summed E-state index contributed by atoms with van der Waals surface area (Å²) in [5.74, 6) is -2.32. The zero-order valence-corrected chi connectivity index (χ0v) is 14.3. The molecule has 0 spiro atoms. The number of nitrogens with zero attached hydrogens (tertiary/aromatic N) is 1. The van der Waals surface area contributed by atoms with Crippen LogP contribution < -0.4 is 0 Å². The molecule has 1 unspecified atom stereocenters. The molecule has 1 fully saturated rings. The van der Waals surface area contributed by atoms with Crippen molar-refractivity contribution < 1.29 is 27.9 Å². The summed E-state index contributed by atoms with van der Waals surface area (Å²) in [4.78, 5) is 24.3. The molecule has 132 valence electrons. The van der Waals surface area contributed by atoms with E-state index in [0.29, 0.717) is 19.4 Å². The second-order valence-corrected chi connectivity index (χ2v) is 8.67. The van der Waals surface area contributed by atoms with Gasteiger partial charge in [0.05, 0.1) is 4.75 Å². The summed E-state index contributed by atoms with van der Waals surface area (Å²) in [5.41, 5.74) is 0.837. The fourth-order valence-electron chi connectivity index (χ4n) is 2.76. The first-order valence-electron chi connectivity index (χ1n) is 7.63. The van der Waals surface area contributed by atoms with E-state index in [4.69, 9.17) is 9.84 Å². The molecule has 2 rings (SSSR count). The van der Waals surface area contributed by atoms with Gasteiger partial charge in [0.2, 0.25) is 0 Å². The SMILES string of the molecule is CC1(S(=O)(=O)CC(=O)O)CCCN(C(=O)OCc2ccccc2)C1. The van der Waals surface area contributed by atoms with E-state index in [2.05, 4.69) is 0 Å². The van der Waals surface area contributed by atoms with Crippen LogP contribution in [0.4, 0.5) is 4.79 Å². The molecule has 8 heteroatoms. The number of piperidine rings is 1. The van der Waals surface area contributed by atoms with Crippen LogP contribution in [0.25, 0.3) is 0 Å². The average molecular weight is 355 g/mol. The Labute approximate surface area is 141 Å². The highest BCUT2D eigenvalue weighted by Crippen LogP contribution is 2.30. The van der Waals surface area contributed by atoms with Crippen molar-refractivity contribution in [3.8, 4) is 0 Å². The molecule has 0 aliphatic carbocycles. The van der Waals surface area contributed by atoms with Gasteiger partial charge >= 0.3 is 12.1 Å². The van der Waals surface area contributed by atoms with E-state index >= 15 is 0 Å². The molecule has 24 heavy (non-hydrogen) atoms. The summed E-state index contributed by atoms with van der Waals surface area (Å²) in [5, 5.41) is 8.80. The van der Waals surface area contributed by atoms with Crippen LogP contribution in [0.15, 0.2) is 30.3 Å². The van der Waals surface area contributed by atoms with Gasteiger partial charge in [0.15, 0.2) is 9.84 Å². The first-order chi connectivity index (χ1) is 11.2. The van der Waals surface area contributed by atoms with Crippen molar-refractivity contribution in [1.82, 2.24) is 4.90 Å². The number of hydrogen-bond acceptors (Lipinski definition) is 5. The number of sulfone groups is 1. The number of amides is 1. The quantitative estimate of drug-likeness (QED) is 0.862. The molecule has 1 aliphatic heterocycles. The summed E-state index contributed by atoms with van der Waals surface area (Å²) >= 11 is 0. The molecular weight excluding hydrogens is 334 g/mol. The number of ether oxygens (including phenoxy) is 1. The van der Waals surface area contributed by atoms with E-state index < -0.39 is 32.4 Å². The minimum absolute atomic E-state index is 0.0593. The maximum absolute atomic E-state index is 12.3. The van der Waals surface area contributed by atoms with Crippen LogP contribution in [-0.2, 0) is 26.0 Å². The first-order valence-corrected chi connectivity index (χ1v) is 9.28. The molecule has 7 nitrogen and oxygen atoms in total. The Bertz CT molecular complexity index is 703. The van der Waals surface area contributed by atoms with Gasteiger partial charge in [0.1, 0.15) is 12.4 Å². The van der Waals surface area contributed by atoms with Crippen LogP contribution in [-0.4, -0.2) is 54.1 Å². The van der Waals surface area contributed by atoms with Crippen LogP contribution in [0.5, 0.6) is 0 Å².